The fourth-order valence-electron chi connectivity index (χ4n) is 2.30. The quantitative estimate of drug-likeness (QED) is 0.240. The summed E-state index contributed by atoms with van der Waals surface area (Å²) in [5, 5.41) is 9.52. The van der Waals surface area contributed by atoms with E-state index in [-0.39, 0.29) is 18.3 Å². The molecule has 0 fully saturated rings. The zero-order valence-electron chi connectivity index (χ0n) is 15.6. The number of esters is 1. The van der Waals surface area contributed by atoms with Crippen LogP contribution in [0.15, 0.2) is 45.1 Å². The first-order valence-corrected chi connectivity index (χ1v) is 10.7. The molecule has 0 aliphatic rings. The second kappa shape index (κ2) is 9.13. The second-order valence-electron chi connectivity index (χ2n) is 6.40. The Morgan fingerprint density at radius 3 is 2.78 bits per heavy atom. The van der Waals surface area contributed by atoms with Gasteiger partial charge in [0, 0.05) is 18.2 Å². The molecule has 27 heavy (non-hydrogen) atoms. The lowest BCUT2D eigenvalue weighted by atomic mass is 10.1. The smallest absolute Gasteiger partial charge is 0.351 e. The van der Waals surface area contributed by atoms with Gasteiger partial charge in [0.25, 0.3) is 0 Å². The third-order valence-electron chi connectivity index (χ3n) is 3.90. The number of rotatable bonds is 8. The fourth-order valence-corrected chi connectivity index (χ4v) is 3.31. The number of hydrogen-bond donors (Lipinski definition) is 1. The summed E-state index contributed by atoms with van der Waals surface area (Å²) in [5.74, 6) is -0.901. The molecule has 1 aromatic carbocycles. The molecule has 1 unspecified atom stereocenters. The maximum absolute atomic E-state index is 12.3. The highest BCUT2D eigenvalue weighted by Crippen LogP contribution is 2.43. The molecule has 2 rings (SSSR count). The van der Waals surface area contributed by atoms with Crippen LogP contribution in [0.3, 0.4) is 0 Å². The summed E-state index contributed by atoms with van der Waals surface area (Å²) in [5.41, 5.74) is 1.04. The van der Waals surface area contributed by atoms with E-state index in [2.05, 4.69) is 0 Å². The van der Waals surface area contributed by atoms with Crippen LogP contribution in [0.4, 0.5) is 0 Å². The Morgan fingerprint density at radius 2 is 2.07 bits per heavy atom. The Hall–Kier alpha value is -2.21. The van der Waals surface area contributed by atoms with E-state index in [4.69, 9.17) is 18.8 Å². The molecular formula is C19H23O7P. The van der Waals surface area contributed by atoms with E-state index in [1.807, 2.05) is 13.0 Å². The van der Waals surface area contributed by atoms with Gasteiger partial charge in [-0.1, -0.05) is 23.8 Å². The van der Waals surface area contributed by atoms with Crippen molar-refractivity contribution in [1.29, 1.82) is 0 Å². The summed E-state index contributed by atoms with van der Waals surface area (Å²) in [6.07, 6.45) is 2.49. The number of aliphatic hydroxyl groups excluding tert-OH is 1. The predicted octanol–water partition coefficient (Wildman–Crippen LogP) is 3.47. The van der Waals surface area contributed by atoms with Crippen LogP contribution in [0.5, 0.6) is 0 Å². The molecule has 8 heteroatoms. The highest BCUT2D eigenvalue weighted by Gasteiger charge is 2.19. The number of hydrogen-bond acceptors (Lipinski definition) is 7. The van der Waals surface area contributed by atoms with Gasteiger partial charge in [-0.15, -0.1) is 0 Å². The Balaban J connectivity index is 1.96. The minimum atomic E-state index is -2.97. The van der Waals surface area contributed by atoms with Crippen molar-refractivity contribution in [3.8, 4) is 0 Å². The number of aryl methyl sites for hydroxylation is 1. The van der Waals surface area contributed by atoms with Gasteiger partial charge in [-0.3, -0.25) is 9.09 Å². The normalized spacial score (nSPS) is 14.1. The number of benzene rings is 1. The van der Waals surface area contributed by atoms with Gasteiger partial charge in [0.05, 0.1) is 6.61 Å². The highest BCUT2D eigenvalue weighted by atomic mass is 31.2. The summed E-state index contributed by atoms with van der Waals surface area (Å²) in [7, 11) is -2.97. The van der Waals surface area contributed by atoms with Crippen molar-refractivity contribution in [2.45, 2.75) is 20.3 Å². The van der Waals surface area contributed by atoms with Crippen LogP contribution in [0.1, 0.15) is 29.3 Å². The maximum Gasteiger partial charge on any atom is 0.351 e. The molecule has 0 aliphatic carbocycles. The highest BCUT2D eigenvalue weighted by molar-refractivity contribution is 7.58. The first kappa shape index (κ1) is 21.1. The summed E-state index contributed by atoms with van der Waals surface area (Å²) in [6, 6.07) is 6.68. The lowest BCUT2D eigenvalue weighted by Crippen LogP contribution is -2.17. The van der Waals surface area contributed by atoms with Gasteiger partial charge in [-0.2, -0.15) is 0 Å². The molecule has 1 N–H and O–H groups in total. The number of carbonyl (C=O) groups excluding carboxylic acids is 1. The van der Waals surface area contributed by atoms with Crippen molar-refractivity contribution >= 4 is 24.3 Å². The van der Waals surface area contributed by atoms with Crippen LogP contribution in [0.2, 0.25) is 0 Å². The van der Waals surface area contributed by atoms with Crippen molar-refractivity contribution in [2.24, 2.45) is 0 Å². The molecule has 0 aliphatic heterocycles. The van der Waals surface area contributed by atoms with Crippen LogP contribution < -0.4 is 5.63 Å². The van der Waals surface area contributed by atoms with Crippen LogP contribution in [-0.4, -0.2) is 37.3 Å². The molecule has 0 saturated heterocycles. The predicted molar refractivity (Wildman–Crippen MR) is 102 cm³/mol. The van der Waals surface area contributed by atoms with E-state index in [1.54, 1.807) is 25.1 Å². The topological polar surface area (TPSA) is 103 Å². The molecule has 1 aromatic heterocycles. The molecule has 0 amide bonds. The third kappa shape index (κ3) is 6.17. The third-order valence-corrected chi connectivity index (χ3v) is 5.63. The van der Waals surface area contributed by atoms with Gasteiger partial charge >= 0.3 is 11.6 Å². The van der Waals surface area contributed by atoms with Gasteiger partial charge in [0.15, 0.2) is 6.79 Å². The number of allylic oxidation sites excluding steroid dienone is 1. The molecule has 0 bridgehead atoms. The minimum Gasteiger partial charge on any atom is -0.434 e. The molecule has 146 valence electrons. The largest absolute Gasteiger partial charge is 0.434 e. The standard InChI is InChI=1S/C19H23O7P/c1-13-6-7-15-10-16(19(22)26-17(15)9-13)18(21)24-12-25-27(3,23)8-4-5-14(2)11-20/h5-7,9-10,20H,4,8,11-12H2,1-3H3/b14-5+. The first-order valence-electron chi connectivity index (χ1n) is 8.41. The van der Waals surface area contributed by atoms with Gasteiger partial charge in [-0.25, -0.2) is 9.59 Å². The SMILES string of the molecule is C/C(=C\CCP(C)(=O)OCOC(=O)c1cc2ccc(C)cc2oc1=O)CO. The molecule has 0 saturated carbocycles. The summed E-state index contributed by atoms with van der Waals surface area (Å²) in [6.45, 7) is 4.49. The van der Waals surface area contributed by atoms with Gasteiger partial charge in [0.2, 0.25) is 7.37 Å². The van der Waals surface area contributed by atoms with Crippen LogP contribution in [0.25, 0.3) is 11.0 Å². The van der Waals surface area contributed by atoms with E-state index < -0.39 is 25.8 Å². The Kier molecular flexibility index (Phi) is 7.13. The van der Waals surface area contributed by atoms with Crippen molar-refractivity contribution in [2.75, 3.05) is 26.2 Å². The Morgan fingerprint density at radius 1 is 1.33 bits per heavy atom. The molecule has 1 atom stereocenters. The maximum atomic E-state index is 12.3. The summed E-state index contributed by atoms with van der Waals surface area (Å²) < 4.78 is 27.5. The van der Waals surface area contributed by atoms with E-state index in [9.17, 15) is 14.2 Å². The van der Waals surface area contributed by atoms with Crippen LogP contribution in [0, 0.1) is 6.92 Å². The van der Waals surface area contributed by atoms with E-state index in [0.29, 0.717) is 17.4 Å². The average Bonchev–Trinajstić information content (AvgIpc) is 2.60. The fraction of sp³-hybridized carbons (Fsp3) is 0.368. The van der Waals surface area contributed by atoms with Crippen LogP contribution >= 0.6 is 7.37 Å². The molecule has 2 aromatic rings. The van der Waals surface area contributed by atoms with Gasteiger partial charge < -0.3 is 14.3 Å². The van der Waals surface area contributed by atoms with Crippen molar-refractivity contribution in [3.63, 3.8) is 0 Å². The molecule has 1 heterocycles. The lowest BCUT2D eigenvalue weighted by molar-refractivity contribution is 0.0163. The summed E-state index contributed by atoms with van der Waals surface area (Å²) in [4.78, 5) is 24.1. The Labute approximate surface area is 157 Å². The average molecular weight is 394 g/mol. The minimum absolute atomic E-state index is 0.0552. The zero-order chi connectivity index (χ0) is 20.0. The number of carbonyl (C=O) groups is 1. The van der Waals surface area contributed by atoms with Gasteiger partial charge in [0.1, 0.15) is 11.1 Å². The Bertz CT molecular complexity index is 958. The molecule has 0 spiro atoms. The van der Waals surface area contributed by atoms with Crippen molar-refractivity contribution in [1.82, 2.24) is 0 Å². The van der Waals surface area contributed by atoms with E-state index >= 15 is 0 Å². The lowest BCUT2D eigenvalue weighted by Gasteiger charge is -2.13. The molecule has 7 nitrogen and oxygen atoms in total. The zero-order valence-corrected chi connectivity index (χ0v) is 16.5. The van der Waals surface area contributed by atoms with Crippen molar-refractivity contribution in [3.05, 3.63) is 57.5 Å². The van der Waals surface area contributed by atoms with Crippen LogP contribution in [-0.2, 0) is 13.8 Å². The number of aliphatic hydroxyl groups is 1. The number of ether oxygens (including phenoxy) is 1. The van der Waals surface area contributed by atoms with Gasteiger partial charge in [-0.05, 0) is 38.0 Å². The van der Waals surface area contributed by atoms with Crippen molar-refractivity contribution < 1.29 is 28.1 Å². The second-order valence-corrected chi connectivity index (χ2v) is 9.14. The van der Waals surface area contributed by atoms with E-state index in [1.165, 1.54) is 12.7 Å². The van der Waals surface area contributed by atoms with E-state index in [0.717, 1.165) is 11.1 Å². The number of fused-ring (bicyclic) bond motifs is 1. The first-order chi connectivity index (χ1) is 12.7. The molecular weight excluding hydrogens is 371 g/mol. The monoisotopic (exact) mass is 394 g/mol. The summed E-state index contributed by atoms with van der Waals surface area (Å²) >= 11 is 0. The molecule has 0 radical (unpaired) electrons.